The third-order valence-electron chi connectivity index (χ3n) is 5.10. The molecule has 1 N–H and O–H groups in total. The second-order valence-electron chi connectivity index (χ2n) is 7.68. The van der Waals surface area contributed by atoms with Gasteiger partial charge in [0.25, 0.3) is 0 Å². The van der Waals surface area contributed by atoms with Crippen molar-refractivity contribution in [1.29, 1.82) is 0 Å². The summed E-state index contributed by atoms with van der Waals surface area (Å²) in [6.07, 6.45) is 6.70. The molecule has 3 rings (SSSR count). The molecule has 0 unspecified atom stereocenters. The van der Waals surface area contributed by atoms with E-state index in [1.165, 1.54) is 23.3 Å². The number of fused-ring (bicyclic) bond motifs is 1. The molecule has 150 valence electrons. The van der Waals surface area contributed by atoms with Gasteiger partial charge in [0.15, 0.2) is 0 Å². The summed E-state index contributed by atoms with van der Waals surface area (Å²) >= 11 is 1.69. The minimum absolute atomic E-state index is 0.482. The van der Waals surface area contributed by atoms with E-state index in [1.807, 2.05) is 6.07 Å². The number of aryl methyl sites for hydroxylation is 1. The first-order valence-electron chi connectivity index (χ1n) is 10.4. The Labute approximate surface area is 173 Å². The summed E-state index contributed by atoms with van der Waals surface area (Å²) in [6, 6.07) is 11.3. The summed E-state index contributed by atoms with van der Waals surface area (Å²) in [4.78, 5) is 5.80. The molecule has 0 spiro atoms. The molecule has 28 heavy (non-hydrogen) atoms. The molecular weight excluding hydrogens is 364 g/mol. The Bertz CT molecular complexity index is 795. The van der Waals surface area contributed by atoms with Gasteiger partial charge in [-0.1, -0.05) is 24.8 Å². The first-order valence-corrected chi connectivity index (χ1v) is 11.2. The van der Waals surface area contributed by atoms with Gasteiger partial charge in [0.05, 0.1) is 17.2 Å². The van der Waals surface area contributed by atoms with Crippen molar-refractivity contribution in [2.24, 2.45) is 4.99 Å². The number of aliphatic imine (C=N–C) groups is 1. The molecule has 1 aromatic carbocycles. The van der Waals surface area contributed by atoms with Crippen molar-refractivity contribution >= 4 is 22.7 Å². The monoisotopic (exact) mass is 396 g/mol. The van der Waals surface area contributed by atoms with Crippen molar-refractivity contribution in [3.8, 4) is 5.75 Å². The average molecular weight is 397 g/mol. The Hall–Kier alpha value is -1.91. The highest BCUT2D eigenvalue weighted by Gasteiger charge is 2.11. The molecule has 0 fully saturated rings. The van der Waals surface area contributed by atoms with E-state index in [2.05, 4.69) is 60.4 Å². The maximum absolute atomic E-state index is 5.71. The minimum atomic E-state index is 0.482. The normalized spacial score (nSPS) is 15.0. The van der Waals surface area contributed by atoms with Crippen LogP contribution in [0.1, 0.15) is 55.5 Å². The minimum Gasteiger partial charge on any atom is -0.493 e. The zero-order chi connectivity index (χ0) is 19.8. The molecule has 2 heterocycles. The number of nitrogens with zero attached hydrogens (tertiary/aromatic N) is 1. The topological polar surface area (TPSA) is 33.6 Å². The first-order chi connectivity index (χ1) is 13.6. The van der Waals surface area contributed by atoms with E-state index >= 15 is 0 Å². The van der Waals surface area contributed by atoms with Gasteiger partial charge in [-0.05, 0) is 87.6 Å². The van der Waals surface area contributed by atoms with Crippen LogP contribution in [0.5, 0.6) is 5.75 Å². The van der Waals surface area contributed by atoms with Gasteiger partial charge in [-0.3, -0.25) is 4.99 Å². The van der Waals surface area contributed by atoms with Gasteiger partial charge >= 0.3 is 0 Å². The van der Waals surface area contributed by atoms with Crippen LogP contribution in [0.4, 0.5) is 0 Å². The zero-order valence-electron chi connectivity index (χ0n) is 17.2. The number of thiophene rings is 1. The van der Waals surface area contributed by atoms with E-state index in [0.29, 0.717) is 6.04 Å². The number of rotatable bonds is 10. The Balaban J connectivity index is 1.33. The molecule has 2 aromatic rings. The predicted octanol–water partition coefficient (Wildman–Crippen LogP) is 5.90. The summed E-state index contributed by atoms with van der Waals surface area (Å²) in [5, 5.41) is 5.73. The fourth-order valence-corrected chi connectivity index (χ4v) is 4.25. The molecular formula is C24H32N2OS. The highest BCUT2D eigenvalue weighted by Crippen LogP contribution is 2.26. The number of nitrogens with one attached hydrogen (secondary N) is 1. The summed E-state index contributed by atoms with van der Waals surface area (Å²) < 4.78 is 5.71. The molecule has 1 aromatic heterocycles. The van der Waals surface area contributed by atoms with Crippen LogP contribution in [0.15, 0.2) is 47.3 Å². The van der Waals surface area contributed by atoms with E-state index in [-0.39, 0.29) is 0 Å². The standard InChI is InChI=1S/C24H32N2OS/c1-18(26-20(3)24-10-7-15-28-24)8-4-5-13-25-19(2)16-21-11-12-23-22(17-21)9-6-14-27-23/h7,10-12,15,17,19,25H,3-6,8-9,13-14,16H2,1-2H3/t19-/m1/s1. The summed E-state index contributed by atoms with van der Waals surface area (Å²) in [6.45, 7) is 10.4. The molecule has 4 heteroatoms. The Morgan fingerprint density at radius 2 is 2.21 bits per heavy atom. The number of benzene rings is 1. The fourth-order valence-electron chi connectivity index (χ4n) is 3.60. The van der Waals surface area contributed by atoms with Crippen LogP contribution in [-0.4, -0.2) is 24.9 Å². The lowest BCUT2D eigenvalue weighted by Gasteiger charge is -2.19. The smallest absolute Gasteiger partial charge is 0.122 e. The lowest BCUT2D eigenvalue weighted by molar-refractivity contribution is 0.288. The van der Waals surface area contributed by atoms with Crippen LogP contribution >= 0.6 is 11.3 Å². The van der Waals surface area contributed by atoms with Gasteiger partial charge in [-0.25, -0.2) is 0 Å². The quantitative estimate of drug-likeness (QED) is 0.401. The molecule has 0 aliphatic carbocycles. The molecule has 1 atom stereocenters. The molecule has 1 aliphatic heterocycles. The van der Waals surface area contributed by atoms with Crippen LogP contribution in [0.2, 0.25) is 0 Å². The molecule has 0 saturated heterocycles. The van der Waals surface area contributed by atoms with Crippen molar-refractivity contribution in [2.75, 3.05) is 13.2 Å². The van der Waals surface area contributed by atoms with E-state index in [9.17, 15) is 0 Å². The Morgan fingerprint density at radius 1 is 1.32 bits per heavy atom. The molecule has 3 nitrogen and oxygen atoms in total. The van der Waals surface area contributed by atoms with E-state index in [1.54, 1.807) is 11.3 Å². The third kappa shape index (κ3) is 6.32. The van der Waals surface area contributed by atoms with Crippen molar-refractivity contribution < 1.29 is 4.74 Å². The number of ether oxygens (including phenoxy) is 1. The van der Waals surface area contributed by atoms with Crippen molar-refractivity contribution in [3.63, 3.8) is 0 Å². The highest BCUT2D eigenvalue weighted by atomic mass is 32.1. The molecule has 0 amide bonds. The van der Waals surface area contributed by atoms with Crippen molar-refractivity contribution in [1.82, 2.24) is 5.32 Å². The number of hydrogen-bond acceptors (Lipinski definition) is 4. The van der Waals surface area contributed by atoms with Gasteiger partial charge in [0, 0.05) is 11.8 Å². The van der Waals surface area contributed by atoms with E-state index in [0.717, 1.165) is 61.6 Å². The first kappa shape index (κ1) is 20.8. The van der Waals surface area contributed by atoms with Gasteiger partial charge in [-0.15, -0.1) is 11.3 Å². The van der Waals surface area contributed by atoms with Crippen LogP contribution in [0.3, 0.4) is 0 Å². The Kier molecular flexibility index (Phi) is 7.87. The van der Waals surface area contributed by atoms with Gasteiger partial charge in [0.1, 0.15) is 5.75 Å². The zero-order valence-corrected chi connectivity index (χ0v) is 18.0. The summed E-state index contributed by atoms with van der Waals surface area (Å²) in [5.41, 5.74) is 4.83. The average Bonchev–Trinajstić information content (AvgIpc) is 3.22. The summed E-state index contributed by atoms with van der Waals surface area (Å²) in [5.74, 6) is 1.08. The SMILES string of the molecule is C=C(N=C(C)CCCCN[C@H](C)Cc1ccc2c(c1)CCCO2)c1cccs1. The lowest BCUT2D eigenvalue weighted by atomic mass is 10.00. The molecule has 1 aliphatic rings. The van der Waals surface area contributed by atoms with E-state index < -0.39 is 0 Å². The lowest BCUT2D eigenvalue weighted by Crippen LogP contribution is -2.29. The number of hydrogen-bond donors (Lipinski definition) is 1. The van der Waals surface area contributed by atoms with Gasteiger partial charge in [-0.2, -0.15) is 0 Å². The Morgan fingerprint density at radius 3 is 3.04 bits per heavy atom. The van der Waals surface area contributed by atoms with Crippen LogP contribution < -0.4 is 10.1 Å². The van der Waals surface area contributed by atoms with Crippen LogP contribution in [0.25, 0.3) is 5.70 Å². The summed E-state index contributed by atoms with van der Waals surface area (Å²) in [7, 11) is 0. The number of unbranched alkanes of at least 4 members (excludes halogenated alkanes) is 1. The van der Waals surface area contributed by atoms with Crippen LogP contribution in [0, 0.1) is 0 Å². The predicted molar refractivity (Wildman–Crippen MR) is 122 cm³/mol. The second-order valence-corrected chi connectivity index (χ2v) is 8.63. The molecule has 0 saturated carbocycles. The van der Waals surface area contributed by atoms with Crippen LogP contribution in [-0.2, 0) is 12.8 Å². The molecule has 0 radical (unpaired) electrons. The van der Waals surface area contributed by atoms with E-state index in [4.69, 9.17) is 4.74 Å². The fraction of sp³-hybridized carbons (Fsp3) is 0.458. The molecule has 0 bridgehead atoms. The van der Waals surface area contributed by atoms with Gasteiger partial charge in [0.2, 0.25) is 0 Å². The second kappa shape index (κ2) is 10.6. The largest absolute Gasteiger partial charge is 0.493 e. The maximum Gasteiger partial charge on any atom is 0.122 e. The third-order valence-corrected chi connectivity index (χ3v) is 6.02. The van der Waals surface area contributed by atoms with Crippen molar-refractivity contribution in [3.05, 3.63) is 58.3 Å². The highest BCUT2D eigenvalue weighted by molar-refractivity contribution is 7.11. The maximum atomic E-state index is 5.71. The van der Waals surface area contributed by atoms with Gasteiger partial charge < -0.3 is 10.1 Å². The van der Waals surface area contributed by atoms with Crippen molar-refractivity contribution in [2.45, 2.75) is 58.4 Å².